The quantitative estimate of drug-likeness (QED) is 0.712. The summed E-state index contributed by atoms with van der Waals surface area (Å²) in [5, 5.41) is 8.48. The highest BCUT2D eigenvalue weighted by Crippen LogP contribution is 2.20. The molecule has 0 aliphatic heterocycles. The normalized spacial score (nSPS) is 11.4. The van der Waals surface area contributed by atoms with Gasteiger partial charge in [-0.3, -0.25) is 5.10 Å². The van der Waals surface area contributed by atoms with E-state index in [4.69, 9.17) is 5.73 Å². The lowest BCUT2D eigenvalue weighted by molar-refractivity contribution is 0.636. The lowest BCUT2D eigenvalue weighted by Crippen LogP contribution is -1.94. The smallest absolute Gasteiger partial charge is 0.0944 e. The van der Waals surface area contributed by atoms with E-state index in [1.54, 1.807) is 0 Å². The summed E-state index contributed by atoms with van der Waals surface area (Å²) in [6.07, 6.45) is 1.03. The second-order valence-corrected chi connectivity index (χ2v) is 4.08. The van der Waals surface area contributed by atoms with Gasteiger partial charge in [-0.15, -0.1) is 0 Å². The number of benzene rings is 1. The second kappa shape index (κ2) is 3.33. The van der Waals surface area contributed by atoms with Gasteiger partial charge >= 0.3 is 0 Å². The lowest BCUT2D eigenvalue weighted by atomic mass is 10.1. The van der Waals surface area contributed by atoms with Crippen molar-refractivity contribution >= 4 is 16.6 Å². The van der Waals surface area contributed by atoms with Gasteiger partial charge in [-0.2, -0.15) is 5.10 Å². The zero-order valence-electron chi connectivity index (χ0n) is 8.54. The zero-order chi connectivity index (χ0) is 10.1. The highest BCUT2D eigenvalue weighted by molar-refractivity contribution is 5.84. The maximum Gasteiger partial charge on any atom is 0.0944 e. The minimum absolute atomic E-state index is 0.635. The molecule has 0 radical (unpaired) electrons. The molecule has 0 spiro atoms. The van der Waals surface area contributed by atoms with Gasteiger partial charge in [-0.05, 0) is 30.5 Å². The first-order valence-electron chi connectivity index (χ1n) is 4.89. The number of hydrogen-bond acceptors (Lipinski definition) is 2. The Morgan fingerprint density at radius 2 is 2.21 bits per heavy atom. The number of rotatable bonds is 2. The minimum Gasteiger partial charge on any atom is -0.399 e. The second-order valence-electron chi connectivity index (χ2n) is 4.08. The standard InChI is InChI=1S/C11H15N3/c1-7(2)5-10-9-4-3-8(12)6-11(9)14-13-10/h3-4,6-7H,5,12H2,1-2H3,(H,13,14). The molecule has 3 heteroatoms. The fraction of sp³-hybridized carbons (Fsp3) is 0.364. The maximum atomic E-state index is 5.68. The van der Waals surface area contributed by atoms with Gasteiger partial charge in [0.2, 0.25) is 0 Å². The van der Waals surface area contributed by atoms with Crippen molar-refractivity contribution in [3.05, 3.63) is 23.9 Å². The predicted molar refractivity (Wildman–Crippen MR) is 59.0 cm³/mol. The summed E-state index contributed by atoms with van der Waals surface area (Å²) < 4.78 is 0. The number of anilines is 1. The van der Waals surface area contributed by atoms with Crippen LogP contribution in [0.15, 0.2) is 18.2 Å². The average molecular weight is 189 g/mol. The number of nitrogens with two attached hydrogens (primary N) is 1. The maximum absolute atomic E-state index is 5.68. The Kier molecular flexibility index (Phi) is 2.15. The van der Waals surface area contributed by atoms with Crippen molar-refractivity contribution in [1.82, 2.24) is 10.2 Å². The molecule has 3 N–H and O–H groups in total. The molecule has 2 aromatic rings. The van der Waals surface area contributed by atoms with Gasteiger partial charge < -0.3 is 5.73 Å². The van der Waals surface area contributed by atoms with Gasteiger partial charge in [0.1, 0.15) is 0 Å². The van der Waals surface area contributed by atoms with E-state index in [2.05, 4.69) is 24.0 Å². The summed E-state index contributed by atoms with van der Waals surface area (Å²) >= 11 is 0. The number of fused-ring (bicyclic) bond motifs is 1. The lowest BCUT2D eigenvalue weighted by Gasteiger charge is -2.01. The number of aromatic nitrogens is 2. The Morgan fingerprint density at radius 1 is 1.43 bits per heavy atom. The summed E-state index contributed by atoms with van der Waals surface area (Å²) in [5.41, 5.74) is 8.61. The number of nitrogen functional groups attached to an aromatic ring is 1. The van der Waals surface area contributed by atoms with Crippen LogP contribution in [0.4, 0.5) is 5.69 Å². The SMILES string of the molecule is CC(C)Cc1[nH]nc2cc(N)ccc12. The van der Waals surface area contributed by atoms with Crippen LogP contribution in [0, 0.1) is 5.92 Å². The fourth-order valence-corrected chi connectivity index (χ4v) is 1.65. The summed E-state index contributed by atoms with van der Waals surface area (Å²) in [6, 6.07) is 5.85. The van der Waals surface area contributed by atoms with E-state index >= 15 is 0 Å². The van der Waals surface area contributed by atoms with Crippen LogP contribution >= 0.6 is 0 Å². The summed E-state index contributed by atoms with van der Waals surface area (Å²) in [6.45, 7) is 4.40. The van der Waals surface area contributed by atoms with Gasteiger partial charge in [0.25, 0.3) is 0 Å². The number of aromatic amines is 1. The molecule has 0 amide bonds. The van der Waals surface area contributed by atoms with Crippen molar-refractivity contribution in [2.75, 3.05) is 5.73 Å². The van der Waals surface area contributed by atoms with Crippen LogP contribution in [0.1, 0.15) is 19.5 Å². The molecule has 0 aliphatic carbocycles. The third-order valence-electron chi connectivity index (χ3n) is 2.27. The topological polar surface area (TPSA) is 54.7 Å². The molecule has 0 aliphatic rings. The predicted octanol–water partition coefficient (Wildman–Crippen LogP) is 2.34. The van der Waals surface area contributed by atoms with E-state index < -0.39 is 0 Å². The van der Waals surface area contributed by atoms with E-state index in [9.17, 15) is 0 Å². The summed E-state index contributed by atoms with van der Waals surface area (Å²) in [7, 11) is 0. The summed E-state index contributed by atoms with van der Waals surface area (Å²) in [4.78, 5) is 0. The molecule has 74 valence electrons. The van der Waals surface area contributed by atoms with Gasteiger partial charge in [0.15, 0.2) is 0 Å². The van der Waals surface area contributed by atoms with Crippen molar-refractivity contribution in [2.45, 2.75) is 20.3 Å². The number of H-pyrrole nitrogens is 1. The Bertz CT molecular complexity index is 443. The molecule has 0 unspecified atom stereocenters. The van der Waals surface area contributed by atoms with E-state index in [1.165, 1.54) is 11.1 Å². The molecule has 0 bridgehead atoms. The third kappa shape index (κ3) is 1.58. The zero-order valence-corrected chi connectivity index (χ0v) is 8.54. The van der Waals surface area contributed by atoms with Crippen LogP contribution in [0.25, 0.3) is 10.9 Å². The highest BCUT2D eigenvalue weighted by Gasteiger charge is 2.06. The van der Waals surface area contributed by atoms with Gasteiger partial charge in [0.05, 0.1) is 5.52 Å². The molecule has 14 heavy (non-hydrogen) atoms. The van der Waals surface area contributed by atoms with Crippen molar-refractivity contribution < 1.29 is 0 Å². The molecular formula is C11H15N3. The third-order valence-corrected chi connectivity index (χ3v) is 2.27. The van der Waals surface area contributed by atoms with E-state index in [-0.39, 0.29) is 0 Å². The largest absolute Gasteiger partial charge is 0.399 e. The molecule has 0 saturated heterocycles. The average Bonchev–Trinajstić information content (AvgIpc) is 2.47. The number of nitrogens with one attached hydrogen (secondary N) is 1. The van der Waals surface area contributed by atoms with E-state index in [1.807, 2.05) is 18.2 Å². The molecule has 0 atom stereocenters. The van der Waals surface area contributed by atoms with Crippen molar-refractivity contribution in [1.29, 1.82) is 0 Å². The summed E-state index contributed by atoms with van der Waals surface area (Å²) in [5.74, 6) is 0.635. The Balaban J connectivity index is 2.47. The van der Waals surface area contributed by atoms with Crippen molar-refractivity contribution in [3.63, 3.8) is 0 Å². The fourth-order valence-electron chi connectivity index (χ4n) is 1.65. The van der Waals surface area contributed by atoms with Crippen LogP contribution in [-0.2, 0) is 6.42 Å². The first kappa shape index (κ1) is 9.06. The molecule has 1 aromatic heterocycles. The van der Waals surface area contributed by atoms with Crippen LogP contribution in [0.3, 0.4) is 0 Å². The Hall–Kier alpha value is -1.51. The molecule has 3 nitrogen and oxygen atoms in total. The van der Waals surface area contributed by atoms with Crippen LogP contribution in [0.5, 0.6) is 0 Å². The number of hydrogen-bond donors (Lipinski definition) is 2. The first-order valence-corrected chi connectivity index (χ1v) is 4.89. The Morgan fingerprint density at radius 3 is 2.93 bits per heavy atom. The molecule has 1 aromatic carbocycles. The molecular weight excluding hydrogens is 174 g/mol. The minimum atomic E-state index is 0.635. The van der Waals surface area contributed by atoms with Crippen molar-refractivity contribution in [2.24, 2.45) is 5.92 Å². The van der Waals surface area contributed by atoms with Crippen LogP contribution in [-0.4, -0.2) is 10.2 Å². The highest BCUT2D eigenvalue weighted by atomic mass is 15.1. The van der Waals surface area contributed by atoms with Gasteiger partial charge in [-0.25, -0.2) is 0 Å². The van der Waals surface area contributed by atoms with Gasteiger partial charge in [0, 0.05) is 16.8 Å². The Labute approximate surface area is 83.3 Å². The first-order chi connectivity index (χ1) is 6.66. The van der Waals surface area contributed by atoms with Gasteiger partial charge in [-0.1, -0.05) is 13.8 Å². The van der Waals surface area contributed by atoms with Crippen LogP contribution in [0.2, 0.25) is 0 Å². The molecule has 0 fully saturated rings. The molecule has 1 heterocycles. The molecule has 0 saturated carbocycles. The van der Waals surface area contributed by atoms with E-state index in [0.717, 1.165) is 17.6 Å². The van der Waals surface area contributed by atoms with Crippen LogP contribution < -0.4 is 5.73 Å². The van der Waals surface area contributed by atoms with E-state index in [0.29, 0.717) is 5.92 Å². The molecule has 2 rings (SSSR count). The monoisotopic (exact) mass is 189 g/mol. The number of nitrogens with zero attached hydrogens (tertiary/aromatic N) is 1. The van der Waals surface area contributed by atoms with Crippen molar-refractivity contribution in [3.8, 4) is 0 Å².